The number of carbonyl (C=O) groups excluding carboxylic acids is 1. The smallest absolute Gasteiger partial charge is 0.262 e. The quantitative estimate of drug-likeness (QED) is 0.593. The Balaban J connectivity index is 1.33. The topological polar surface area (TPSA) is 79.4 Å². The van der Waals surface area contributed by atoms with E-state index in [0.29, 0.717) is 11.4 Å². The minimum atomic E-state index is -0.352. The molecule has 3 aromatic rings. The molecule has 2 aromatic carbocycles. The predicted molar refractivity (Wildman–Crippen MR) is 118 cm³/mol. The first-order valence-corrected chi connectivity index (χ1v) is 10.2. The molecule has 1 saturated heterocycles. The lowest BCUT2D eigenvalue weighted by Crippen LogP contribution is -2.21. The van der Waals surface area contributed by atoms with Gasteiger partial charge < -0.3 is 20.3 Å². The van der Waals surface area contributed by atoms with Crippen molar-refractivity contribution in [2.45, 2.75) is 19.8 Å². The fraction of sp³-hybridized carbons (Fsp3) is 0.261. The number of halogens is 1. The van der Waals surface area contributed by atoms with E-state index >= 15 is 0 Å². The normalized spacial score (nSPS) is 13.2. The molecule has 2 heterocycles. The van der Waals surface area contributed by atoms with Crippen LogP contribution >= 0.6 is 0 Å². The maximum absolute atomic E-state index is 12.9. The average Bonchev–Trinajstić information content (AvgIpc) is 3.29. The van der Waals surface area contributed by atoms with Crippen LogP contribution in [0.25, 0.3) is 0 Å². The van der Waals surface area contributed by atoms with Gasteiger partial charge in [0.25, 0.3) is 5.91 Å². The SMILES string of the molecule is Cc1cc(Nc2ccc(NC(=O)COc3ccc(F)cc3)cc2)nc(N2CCCC2)n1. The van der Waals surface area contributed by atoms with E-state index in [0.717, 1.165) is 36.2 Å². The van der Waals surface area contributed by atoms with Gasteiger partial charge >= 0.3 is 0 Å². The Morgan fingerprint density at radius 1 is 1.03 bits per heavy atom. The lowest BCUT2D eigenvalue weighted by atomic mass is 10.2. The Kier molecular flexibility index (Phi) is 6.26. The van der Waals surface area contributed by atoms with Crippen LogP contribution in [0.1, 0.15) is 18.5 Å². The van der Waals surface area contributed by atoms with Crippen LogP contribution in [-0.2, 0) is 4.79 Å². The van der Waals surface area contributed by atoms with Crippen LogP contribution in [-0.4, -0.2) is 35.6 Å². The van der Waals surface area contributed by atoms with Crippen LogP contribution < -0.4 is 20.3 Å². The van der Waals surface area contributed by atoms with E-state index in [1.807, 2.05) is 25.1 Å². The summed E-state index contributed by atoms with van der Waals surface area (Å²) in [6.45, 7) is 3.77. The largest absolute Gasteiger partial charge is 0.484 e. The van der Waals surface area contributed by atoms with E-state index in [2.05, 4.69) is 25.5 Å². The molecule has 0 aliphatic carbocycles. The van der Waals surface area contributed by atoms with Crippen molar-refractivity contribution in [1.29, 1.82) is 0 Å². The number of ether oxygens (including phenoxy) is 1. The van der Waals surface area contributed by atoms with Gasteiger partial charge in [0.15, 0.2) is 6.61 Å². The van der Waals surface area contributed by atoms with Crippen LogP contribution in [0.3, 0.4) is 0 Å². The number of nitrogens with zero attached hydrogens (tertiary/aromatic N) is 3. The van der Waals surface area contributed by atoms with Crippen LogP contribution in [0.2, 0.25) is 0 Å². The fourth-order valence-corrected chi connectivity index (χ4v) is 3.34. The predicted octanol–water partition coefficient (Wildman–Crippen LogP) is 4.29. The average molecular weight is 421 g/mol. The van der Waals surface area contributed by atoms with E-state index in [1.165, 1.54) is 37.1 Å². The van der Waals surface area contributed by atoms with Crippen molar-refractivity contribution < 1.29 is 13.9 Å². The van der Waals surface area contributed by atoms with Gasteiger partial charge in [0.05, 0.1) is 0 Å². The summed E-state index contributed by atoms with van der Waals surface area (Å²) in [6.07, 6.45) is 2.34. The minimum absolute atomic E-state index is 0.162. The summed E-state index contributed by atoms with van der Waals surface area (Å²) in [5, 5.41) is 6.07. The number of benzene rings is 2. The third kappa shape index (κ3) is 5.69. The van der Waals surface area contributed by atoms with E-state index < -0.39 is 0 Å². The first kappa shape index (κ1) is 20.6. The molecule has 8 heteroatoms. The lowest BCUT2D eigenvalue weighted by molar-refractivity contribution is -0.118. The second-order valence-electron chi connectivity index (χ2n) is 7.38. The highest BCUT2D eigenvalue weighted by Gasteiger charge is 2.16. The van der Waals surface area contributed by atoms with Crippen LogP contribution in [0.15, 0.2) is 54.6 Å². The van der Waals surface area contributed by atoms with Gasteiger partial charge in [0, 0.05) is 36.2 Å². The Morgan fingerprint density at radius 2 is 1.71 bits per heavy atom. The zero-order chi connectivity index (χ0) is 21.6. The molecule has 1 aliphatic rings. The Morgan fingerprint density at radius 3 is 2.42 bits per heavy atom. The van der Waals surface area contributed by atoms with Crippen molar-refractivity contribution in [2.75, 3.05) is 35.2 Å². The summed E-state index contributed by atoms with van der Waals surface area (Å²) in [5.74, 6) is 1.27. The number of aromatic nitrogens is 2. The molecule has 1 amide bonds. The lowest BCUT2D eigenvalue weighted by Gasteiger charge is -2.17. The van der Waals surface area contributed by atoms with Crippen LogP contribution in [0.4, 0.5) is 27.5 Å². The summed E-state index contributed by atoms with van der Waals surface area (Å²) in [7, 11) is 0. The third-order valence-corrected chi connectivity index (χ3v) is 4.86. The summed E-state index contributed by atoms with van der Waals surface area (Å²) < 4.78 is 18.3. The summed E-state index contributed by atoms with van der Waals surface area (Å²) >= 11 is 0. The summed E-state index contributed by atoms with van der Waals surface area (Å²) in [4.78, 5) is 23.5. The fourth-order valence-electron chi connectivity index (χ4n) is 3.34. The molecule has 7 nitrogen and oxygen atoms in total. The monoisotopic (exact) mass is 421 g/mol. The van der Waals surface area contributed by atoms with Gasteiger partial charge in [-0.3, -0.25) is 4.79 Å². The highest BCUT2D eigenvalue weighted by molar-refractivity contribution is 5.92. The summed E-state index contributed by atoms with van der Waals surface area (Å²) in [5.41, 5.74) is 2.41. The first-order valence-electron chi connectivity index (χ1n) is 10.2. The molecule has 1 fully saturated rings. The second kappa shape index (κ2) is 9.42. The van der Waals surface area contributed by atoms with Crippen molar-refractivity contribution in [1.82, 2.24) is 9.97 Å². The highest BCUT2D eigenvalue weighted by Crippen LogP contribution is 2.22. The molecule has 1 aromatic heterocycles. The maximum Gasteiger partial charge on any atom is 0.262 e. The molecule has 31 heavy (non-hydrogen) atoms. The van der Waals surface area contributed by atoms with Crippen molar-refractivity contribution in [3.05, 3.63) is 66.1 Å². The number of rotatable bonds is 7. The Bertz CT molecular complexity index is 1030. The van der Waals surface area contributed by atoms with Gasteiger partial charge in [-0.05, 0) is 68.3 Å². The standard InChI is InChI=1S/C23H24FN5O2/c1-16-14-21(28-23(25-16)29-12-2-3-13-29)26-18-6-8-19(9-7-18)27-22(30)15-31-20-10-4-17(24)5-11-20/h4-11,14H,2-3,12-13,15H2,1H3,(H,27,30)(H,25,26,28). The first-order chi connectivity index (χ1) is 15.0. The van der Waals surface area contributed by atoms with E-state index in [4.69, 9.17) is 4.74 Å². The molecule has 0 spiro atoms. The maximum atomic E-state index is 12.9. The molecule has 0 unspecified atom stereocenters. The van der Waals surface area contributed by atoms with Crippen molar-refractivity contribution in [2.24, 2.45) is 0 Å². The zero-order valence-corrected chi connectivity index (χ0v) is 17.3. The van der Waals surface area contributed by atoms with Crippen LogP contribution in [0, 0.1) is 12.7 Å². The molecule has 0 bridgehead atoms. The highest BCUT2D eigenvalue weighted by atomic mass is 19.1. The van der Waals surface area contributed by atoms with Crippen molar-refractivity contribution in [3.8, 4) is 5.75 Å². The van der Waals surface area contributed by atoms with Crippen molar-refractivity contribution in [3.63, 3.8) is 0 Å². The second-order valence-corrected chi connectivity index (χ2v) is 7.38. The Labute approximate surface area is 180 Å². The third-order valence-electron chi connectivity index (χ3n) is 4.86. The van der Waals surface area contributed by atoms with Crippen molar-refractivity contribution >= 4 is 29.0 Å². The molecule has 0 radical (unpaired) electrons. The summed E-state index contributed by atoms with van der Waals surface area (Å²) in [6, 6.07) is 14.8. The molecular weight excluding hydrogens is 397 g/mol. The molecular formula is C23H24FN5O2. The number of hydrogen-bond acceptors (Lipinski definition) is 6. The van der Waals surface area contributed by atoms with E-state index in [9.17, 15) is 9.18 Å². The number of anilines is 4. The number of nitrogens with one attached hydrogen (secondary N) is 2. The van der Waals surface area contributed by atoms with E-state index in [1.54, 1.807) is 12.1 Å². The van der Waals surface area contributed by atoms with Gasteiger partial charge in [-0.2, -0.15) is 4.98 Å². The molecule has 160 valence electrons. The number of carbonyl (C=O) groups is 1. The van der Waals surface area contributed by atoms with Gasteiger partial charge in [-0.15, -0.1) is 0 Å². The van der Waals surface area contributed by atoms with E-state index in [-0.39, 0.29) is 18.3 Å². The molecule has 0 saturated carbocycles. The van der Waals surface area contributed by atoms with Gasteiger partial charge in [-0.25, -0.2) is 9.37 Å². The zero-order valence-electron chi connectivity index (χ0n) is 17.3. The molecule has 0 atom stereocenters. The molecule has 4 rings (SSSR count). The van der Waals surface area contributed by atoms with Gasteiger partial charge in [0.1, 0.15) is 17.4 Å². The van der Waals surface area contributed by atoms with Gasteiger partial charge in [0.2, 0.25) is 5.95 Å². The minimum Gasteiger partial charge on any atom is -0.484 e. The Hall–Kier alpha value is -3.68. The number of hydrogen-bond donors (Lipinski definition) is 2. The molecule has 1 aliphatic heterocycles. The number of aryl methyl sites for hydroxylation is 1. The number of amides is 1. The van der Waals surface area contributed by atoms with Crippen LogP contribution in [0.5, 0.6) is 5.75 Å². The van der Waals surface area contributed by atoms with Gasteiger partial charge in [-0.1, -0.05) is 0 Å². The molecule has 2 N–H and O–H groups in total.